The summed E-state index contributed by atoms with van der Waals surface area (Å²) in [4.78, 5) is 26.6. The van der Waals surface area contributed by atoms with Crippen molar-refractivity contribution >= 4 is 17.5 Å². The van der Waals surface area contributed by atoms with Crippen molar-refractivity contribution in [2.24, 2.45) is 5.92 Å². The normalized spacial score (nSPS) is 17.1. The number of anilines is 1. The lowest BCUT2D eigenvalue weighted by Crippen LogP contribution is -2.40. The smallest absolute Gasteiger partial charge is 0.351 e. The molecule has 0 aliphatic carbocycles. The molecule has 31 heavy (non-hydrogen) atoms. The highest BCUT2D eigenvalue weighted by atomic mass is 19.4. The second kappa shape index (κ2) is 9.53. The molecule has 168 valence electrons. The van der Waals surface area contributed by atoms with Crippen LogP contribution in [0.25, 0.3) is 0 Å². The number of benzene rings is 1. The van der Waals surface area contributed by atoms with E-state index in [-0.39, 0.29) is 35.8 Å². The Morgan fingerprint density at radius 1 is 1.26 bits per heavy atom. The number of halogens is 3. The second-order valence-corrected chi connectivity index (χ2v) is 8.19. The van der Waals surface area contributed by atoms with Crippen LogP contribution < -0.4 is 5.32 Å². The first-order valence-corrected chi connectivity index (χ1v) is 10.4. The van der Waals surface area contributed by atoms with Crippen LogP contribution in [0, 0.1) is 5.92 Å². The van der Waals surface area contributed by atoms with Gasteiger partial charge in [-0.2, -0.15) is 13.2 Å². The van der Waals surface area contributed by atoms with Crippen LogP contribution in [0.2, 0.25) is 0 Å². The highest BCUT2D eigenvalue weighted by Crippen LogP contribution is 2.30. The Kier molecular flexibility index (Phi) is 7.02. The van der Waals surface area contributed by atoms with E-state index in [1.807, 2.05) is 13.8 Å². The molecule has 3 rings (SSSR count). The van der Waals surface area contributed by atoms with Gasteiger partial charge in [-0.15, -0.1) is 0 Å². The van der Waals surface area contributed by atoms with Gasteiger partial charge in [0.1, 0.15) is 0 Å². The average Bonchev–Trinajstić information content (AvgIpc) is 3.22. The molecule has 2 amide bonds. The van der Waals surface area contributed by atoms with Gasteiger partial charge in [-0.1, -0.05) is 19.0 Å². The molecule has 1 aromatic carbocycles. The maximum absolute atomic E-state index is 12.7. The van der Waals surface area contributed by atoms with E-state index >= 15 is 0 Å². The molecule has 9 heteroatoms. The fourth-order valence-corrected chi connectivity index (χ4v) is 3.60. The molecule has 6 nitrogen and oxygen atoms in total. The van der Waals surface area contributed by atoms with Crippen molar-refractivity contribution in [3.8, 4) is 0 Å². The van der Waals surface area contributed by atoms with E-state index in [4.69, 9.17) is 4.52 Å². The van der Waals surface area contributed by atoms with Crippen molar-refractivity contribution in [3.63, 3.8) is 0 Å². The minimum absolute atomic E-state index is 0.169. The first-order chi connectivity index (χ1) is 14.6. The van der Waals surface area contributed by atoms with E-state index in [0.717, 1.165) is 30.7 Å². The van der Waals surface area contributed by atoms with Crippen molar-refractivity contribution in [2.75, 3.05) is 18.4 Å². The van der Waals surface area contributed by atoms with Gasteiger partial charge >= 0.3 is 6.18 Å². The lowest BCUT2D eigenvalue weighted by atomic mass is 9.93. The van der Waals surface area contributed by atoms with Crippen LogP contribution >= 0.6 is 0 Å². The van der Waals surface area contributed by atoms with Crippen LogP contribution in [0.5, 0.6) is 0 Å². The molecule has 1 saturated heterocycles. The van der Waals surface area contributed by atoms with Gasteiger partial charge in [0.05, 0.1) is 11.3 Å². The first kappa shape index (κ1) is 22.8. The summed E-state index contributed by atoms with van der Waals surface area (Å²) in [6, 6.07) is 6.03. The number of aromatic nitrogens is 1. The average molecular weight is 437 g/mol. The number of carbonyl (C=O) groups excluding carboxylic acids is 2. The first-order valence-electron chi connectivity index (χ1n) is 10.4. The summed E-state index contributed by atoms with van der Waals surface area (Å²) in [5.74, 6) is 0.105. The van der Waals surface area contributed by atoms with E-state index in [0.29, 0.717) is 25.2 Å². The van der Waals surface area contributed by atoms with Gasteiger partial charge in [-0.05, 0) is 55.4 Å². The third-order valence-corrected chi connectivity index (χ3v) is 5.41. The lowest BCUT2D eigenvalue weighted by molar-refractivity contribution is -0.137. The molecule has 0 saturated carbocycles. The van der Waals surface area contributed by atoms with Crippen molar-refractivity contribution < 1.29 is 27.3 Å². The second-order valence-electron chi connectivity index (χ2n) is 8.19. The highest BCUT2D eigenvalue weighted by molar-refractivity contribution is 5.92. The minimum Gasteiger partial charge on any atom is -0.351 e. The van der Waals surface area contributed by atoms with Gasteiger partial charge < -0.3 is 14.7 Å². The number of nitrogens with one attached hydrogen (secondary N) is 1. The summed E-state index contributed by atoms with van der Waals surface area (Å²) in [6.07, 6.45) is -1.85. The summed E-state index contributed by atoms with van der Waals surface area (Å²) in [5, 5.41) is 6.55. The number of likely N-dealkylation sites (tertiary alicyclic amines) is 1. The molecule has 0 bridgehead atoms. The highest BCUT2D eigenvalue weighted by Gasteiger charge is 2.30. The Balaban J connectivity index is 1.48. The largest absolute Gasteiger partial charge is 0.416 e. The van der Waals surface area contributed by atoms with Gasteiger partial charge in [0.2, 0.25) is 11.7 Å². The summed E-state index contributed by atoms with van der Waals surface area (Å²) in [6.45, 7) is 5.10. The van der Waals surface area contributed by atoms with Crippen LogP contribution in [0.3, 0.4) is 0 Å². The molecular weight excluding hydrogens is 411 g/mol. The Labute approximate surface area is 178 Å². The van der Waals surface area contributed by atoms with Crippen LogP contribution in [0.15, 0.2) is 34.9 Å². The van der Waals surface area contributed by atoms with Crippen LogP contribution in [0.1, 0.15) is 67.3 Å². The topological polar surface area (TPSA) is 75.4 Å². The van der Waals surface area contributed by atoms with Gasteiger partial charge in [0.25, 0.3) is 5.91 Å². The van der Waals surface area contributed by atoms with Crippen molar-refractivity contribution in [3.05, 3.63) is 47.3 Å². The fourth-order valence-electron chi connectivity index (χ4n) is 3.60. The van der Waals surface area contributed by atoms with Gasteiger partial charge in [-0.25, -0.2) is 0 Å². The van der Waals surface area contributed by atoms with Gasteiger partial charge in [0, 0.05) is 31.3 Å². The van der Waals surface area contributed by atoms with Crippen molar-refractivity contribution in [1.82, 2.24) is 10.1 Å². The lowest BCUT2D eigenvalue weighted by Gasteiger charge is -2.32. The molecular formula is C22H26F3N3O3. The SMILES string of the molecule is CC(C)c1cc(C(=O)N2CCCC(CCC(=O)Nc3ccc(C(F)(F)F)cc3)C2)on1. The Morgan fingerprint density at radius 2 is 1.97 bits per heavy atom. The van der Waals surface area contributed by atoms with Crippen LogP contribution in [-0.4, -0.2) is 35.0 Å². The monoisotopic (exact) mass is 437 g/mol. The third-order valence-electron chi connectivity index (χ3n) is 5.41. The minimum atomic E-state index is -4.41. The summed E-state index contributed by atoms with van der Waals surface area (Å²) < 4.78 is 43.0. The zero-order valence-corrected chi connectivity index (χ0v) is 17.5. The fraction of sp³-hybridized carbons (Fsp3) is 0.500. The number of carbonyl (C=O) groups is 2. The molecule has 1 N–H and O–H groups in total. The molecule has 2 aromatic rings. The molecule has 0 radical (unpaired) electrons. The molecule has 1 atom stereocenters. The maximum Gasteiger partial charge on any atom is 0.416 e. The number of nitrogens with zero attached hydrogens (tertiary/aromatic N) is 2. The quantitative estimate of drug-likeness (QED) is 0.683. The van der Waals surface area contributed by atoms with E-state index in [2.05, 4.69) is 10.5 Å². The molecule has 1 aliphatic heterocycles. The number of hydrogen-bond donors (Lipinski definition) is 1. The standard InChI is InChI=1S/C22H26F3N3O3/c1-14(2)18-12-19(31-27-18)21(30)28-11-3-4-15(13-28)5-10-20(29)26-17-8-6-16(7-9-17)22(23,24)25/h6-9,12,14-15H,3-5,10-11,13H2,1-2H3,(H,26,29). The third kappa shape index (κ3) is 6.08. The summed E-state index contributed by atoms with van der Waals surface area (Å²) >= 11 is 0. The zero-order valence-electron chi connectivity index (χ0n) is 17.5. The molecule has 2 heterocycles. The molecule has 1 aliphatic rings. The summed E-state index contributed by atoms with van der Waals surface area (Å²) in [7, 11) is 0. The Morgan fingerprint density at radius 3 is 2.58 bits per heavy atom. The van der Waals surface area contributed by atoms with Crippen LogP contribution in [-0.2, 0) is 11.0 Å². The van der Waals surface area contributed by atoms with Crippen molar-refractivity contribution in [2.45, 2.75) is 51.6 Å². The number of piperidine rings is 1. The predicted molar refractivity (Wildman–Crippen MR) is 109 cm³/mol. The number of amides is 2. The Hall–Kier alpha value is -2.84. The maximum atomic E-state index is 12.7. The van der Waals surface area contributed by atoms with Crippen LogP contribution in [0.4, 0.5) is 18.9 Å². The Bertz CT molecular complexity index is 907. The number of rotatable bonds is 6. The van der Waals surface area contributed by atoms with E-state index in [1.165, 1.54) is 12.1 Å². The molecule has 1 aromatic heterocycles. The molecule has 0 spiro atoms. The number of alkyl halides is 3. The van der Waals surface area contributed by atoms with Gasteiger partial charge in [-0.3, -0.25) is 9.59 Å². The van der Waals surface area contributed by atoms with Crippen molar-refractivity contribution in [1.29, 1.82) is 0 Å². The molecule has 1 fully saturated rings. The van der Waals surface area contributed by atoms with Gasteiger partial charge in [0.15, 0.2) is 0 Å². The number of hydrogen-bond acceptors (Lipinski definition) is 4. The van der Waals surface area contributed by atoms with E-state index in [9.17, 15) is 22.8 Å². The predicted octanol–water partition coefficient (Wildman–Crippen LogP) is 5.09. The van der Waals surface area contributed by atoms with E-state index in [1.54, 1.807) is 11.0 Å². The zero-order chi connectivity index (χ0) is 22.6. The molecule has 1 unspecified atom stereocenters. The summed E-state index contributed by atoms with van der Waals surface area (Å²) in [5.41, 5.74) is 0.298. The van der Waals surface area contributed by atoms with E-state index < -0.39 is 11.7 Å².